The van der Waals surface area contributed by atoms with Gasteiger partial charge in [-0.15, -0.1) is 0 Å². The van der Waals surface area contributed by atoms with Crippen molar-refractivity contribution in [3.05, 3.63) is 17.5 Å². The lowest BCUT2D eigenvalue weighted by Crippen LogP contribution is -2.36. The van der Waals surface area contributed by atoms with E-state index in [2.05, 4.69) is 19.0 Å². The van der Waals surface area contributed by atoms with E-state index in [9.17, 15) is 4.79 Å². The van der Waals surface area contributed by atoms with Gasteiger partial charge in [0.05, 0.1) is 12.6 Å². The second-order valence-corrected chi connectivity index (χ2v) is 6.77. The number of nitrogens with zero attached hydrogens (tertiary/aromatic N) is 3. The lowest BCUT2D eigenvalue weighted by atomic mass is 10.1. The molecule has 1 aromatic rings. The van der Waals surface area contributed by atoms with Crippen molar-refractivity contribution in [2.45, 2.75) is 57.9 Å². The van der Waals surface area contributed by atoms with Crippen LogP contribution in [0, 0.1) is 0 Å². The summed E-state index contributed by atoms with van der Waals surface area (Å²) in [5, 5.41) is 6.13. The summed E-state index contributed by atoms with van der Waals surface area (Å²) < 4.78 is 5.41. The minimum Gasteiger partial charge on any atom is -0.361 e. The van der Waals surface area contributed by atoms with Crippen molar-refractivity contribution in [1.29, 1.82) is 0 Å². The van der Waals surface area contributed by atoms with Crippen molar-refractivity contribution in [2.75, 3.05) is 26.2 Å². The molecule has 23 heavy (non-hydrogen) atoms. The minimum atomic E-state index is 0.0704. The third-order valence-electron chi connectivity index (χ3n) is 4.68. The first-order valence-electron chi connectivity index (χ1n) is 8.79. The smallest absolute Gasteiger partial charge is 0.224 e. The Morgan fingerprint density at radius 1 is 1.35 bits per heavy atom. The van der Waals surface area contributed by atoms with Crippen LogP contribution in [0.25, 0.3) is 0 Å². The fourth-order valence-corrected chi connectivity index (χ4v) is 3.29. The van der Waals surface area contributed by atoms with Crippen molar-refractivity contribution >= 4 is 5.91 Å². The van der Waals surface area contributed by atoms with E-state index in [0.29, 0.717) is 18.9 Å². The molecule has 6 heteroatoms. The lowest BCUT2D eigenvalue weighted by Gasteiger charge is -2.28. The fraction of sp³-hybridized carbons (Fsp3) is 0.765. The van der Waals surface area contributed by atoms with E-state index in [1.165, 1.54) is 0 Å². The Balaban J connectivity index is 1.57. The average molecular weight is 321 g/mol. The molecule has 2 fully saturated rings. The van der Waals surface area contributed by atoms with Gasteiger partial charge in [0.25, 0.3) is 0 Å². The molecule has 1 atom stereocenters. The maximum Gasteiger partial charge on any atom is 0.224 e. The SMILES string of the molecule is CC(C)c1cc([C@@H]2CCCN2C(=O)CCN2CCCCO2)no1. The molecule has 0 spiro atoms. The average Bonchev–Trinajstić information content (AvgIpc) is 3.22. The van der Waals surface area contributed by atoms with Crippen LogP contribution < -0.4 is 0 Å². The van der Waals surface area contributed by atoms with Crippen LogP contribution >= 0.6 is 0 Å². The zero-order valence-corrected chi connectivity index (χ0v) is 14.2. The van der Waals surface area contributed by atoms with E-state index >= 15 is 0 Å². The van der Waals surface area contributed by atoms with Crippen molar-refractivity contribution in [2.24, 2.45) is 0 Å². The normalized spacial score (nSPS) is 22.9. The first-order chi connectivity index (χ1) is 11.1. The van der Waals surface area contributed by atoms with E-state index in [4.69, 9.17) is 9.36 Å². The molecule has 0 N–H and O–H groups in total. The number of carbonyl (C=O) groups is 1. The number of hydrogen-bond donors (Lipinski definition) is 0. The van der Waals surface area contributed by atoms with E-state index in [-0.39, 0.29) is 11.9 Å². The molecule has 1 aromatic heterocycles. The summed E-state index contributed by atoms with van der Waals surface area (Å²) in [5.74, 6) is 1.40. The molecule has 0 saturated carbocycles. The molecule has 6 nitrogen and oxygen atoms in total. The molecule has 128 valence electrons. The molecule has 2 aliphatic rings. The summed E-state index contributed by atoms with van der Waals surface area (Å²) in [4.78, 5) is 20.1. The van der Waals surface area contributed by atoms with Gasteiger partial charge in [-0.25, -0.2) is 0 Å². The second kappa shape index (κ2) is 7.45. The highest BCUT2D eigenvalue weighted by Gasteiger charge is 2.32. The molecule has 0 radical (unpaired) electrons. The molecular weight excluding hydrogens is 294 g/mol. The molecule has 3 heterocycles. The van der Waals surface area contributed by atoms with Gasteiger partial charge in [-0.05, 0) is 25.7 Å². The Hall–Kier alpha value is -1.40. The third-order valence-corrected chi connectivity index (χ3v) is 4.68. The van der Waals surface area contributed by atoms with Gasteiger partial charge in [-0.1, -0.05) is 19.0 Å². The summed E-state index contributed by atoms with van der Waals surface area (Å²) in [7, 11) is 0. The monoisotopic (exact) mass is 321 g/mol. The van der Waals surface area contributed by atoms with Gasteiger partial charge in [-0.3, -0.25) is 9.63 Å². The molecule has 0 bridgehead atoms. The van der Waals surface area contributed by atoms with Crippen LogP contribution in [0.2, 0.25) is 0 Å². The standard InChI is InChI=1S/C17H27N3O3/c1-13(2)16-12-14(18-23-16)15-6-5-9-20(15)17(21)7-10-19-8-3-4-11-22-19/h12-13,15H,3-11H2,1-2H3/t15-/m0/s1. The van der Waals surface area contributed by atoms with E-state index in [1.807, 2.05) is 16.0 Å². The molecule has 1 amide bonds. The van der Waals surface area contributed by atoms with E-state index < -0.39 is 0 Å². The Bertz CT molecular complexity index is 523. The number of hydrogen-bond acceptors (Lipinski definition) is 5. The van der Waals surface area contributed by atoms with E-state index in [1.54, 1.807) is 0 Å². The molecule has 2 saturated heterocycles. The number of amides is 1. The largest absolute Gasteiger partial charge is 0.361 e. The summed E-state index contributed by atoms with van der Waals surface area (Å²) in [5.41, 5.74) is 0.897. The highest BCUT2D eigenvalue weighted by atomic mass is 16.7. The van der Waals surface area contributed by atoms with Crippen LogP contribution in [0.3, 0.4) is 0 Å². The summed E-state index contributed by atoms with van der Waals surface area (Å²) in [6.45, 7) is 7.36. The van der Waals surface area contributed by atoms with Gasteiger partial charge >= 0.3 is 0 Å². The van der Waals surface area contributed by atoms with Crippen molar-refractivity contribution in [3.63, 3.8) is 0 Å². The Morgan fingerprint density at radius 2 is 2.22 bits per heavy atom. The topological polar surface area (TPSA) is 58.8 Å². The Kier molecular flexibility index (Phi) is 5.33. The fourth-order valence-electron chi connectivity index (χ4n) is 3.29. The highest BCUT2D eigenvalue weighted by Crippen LogP contribution is 2.33. The van der Waals surface area contributed by atoms with Gasteiger partial charge in [0.15, 0.2) is 0 Å². The zero-order chi connectivity index (χ0) is 16.2. The van der Waals surface area contributed by atoms with Crippen LogP contribution in [0.5, 0.6) is 0 Å². The second-order valence-electron chi connectivity index (χ2n) is 6.77. The minimum absolute atomic E-state index is 0.0704. The summed E-state index contributed by atoms with van der Waals surface area (Å²) >= 11 is 0. The quantitative estimate of drug-likeness (QED) is 0.834. The van der Waals surface area contributed by atoms with Gasteiger partial charge in [-0.2, -0.15) is 5.06 Å². The molecule has 0 aromatic carbocycles. The van der Waals surface area contributed by atoms with Gasteiger partial charge < -0.3 is 9.42 Å². The predicted molar refractivity (Wildman–Crippen MR) is 85.7 cm³/mol. The van der Waals surface area contributed by atoms with Crippen LogP contribution in [-0.2, 0) is 9.63 Å². The van der Waals surface area contributed by atoms with Crippen LogP contribution in [0.1, 0.15) is 69.4 Å². The molecule has 0 aliphatic carbocycles. The highest BCUT2D eigenvalue weighted by molar-refractivity contribution is 5.77. The number of carbonyl (C=O) groups excluding carboxylic acids is 1. The maximum absolute atomic E-state index is 12.6. The van der Waals surface area contributed by atoms with Gasteiger partial charge in [0, 0.05) is 38.0 Å². The van der Waals surface area contributed by atoms with E-state index in [0.717, 1.165) is 56.8 Å². The van der Waals surface area contributed by atoms with Gasteiger partial charge in [0.1, 0.15) is 11.5 Å². The number of aromatic nitrogens is 1. The predicted octanol–water partition coefficient (Wildman–Crippen LogP) is 2.88. The zero-order valence-electron chi connectivity index (χ0n) is 14.2. The van der Waals surface area contributed by atoms with Crippen LogP contribution in [-0.4, -0.2) is 47.3 Å². The number of likely N-dealkylation sites (tertiary alicyclic amines) is 1. The van der Waals surface area contributed by atoms with Crippen molar-refractivity contribution in [3.8, 4) is 0 Å². The number of rotatable bonds is 5. The summed E-state index contributed by atoms with van der Waals surface area (Å²) in [6.07, 6.45) is 4.77. The van der Waals surface area contributed by atoms with Crippen molar-refractivity contribution in [1.82, 2.24) is 15.1 Å². The van der Waals surface area contributed by atoms with Gasteiger partial charge in [0.2, 0.25) is 5.91 Å². The third kappa shape index (κ3) is 3.93. The number of hydroxylamine groups is 2. The molecular formula is C17H27N3O3. The maximum atomic E-state index is 12.6. The van der Waals surface area contributed by atoms with Crippen LogP contribution in [0.15, 0.2) is 10.6 Å². The lowest BCUT2D eigenvalue weighted by molar-refractivity contribution is -0.182. The van der Waals surface area contributed by atoms with Crippen LogP contribution in [0.4, 0.5) is 0 Å². The molecule has 2 aliphatic heterocycles. The first kappa shape index (κ1) is 16.5. The van der Waals surface area contributed by atoms with Crippen molar-refractivity contribution < 1.29 is 14.2 Å². The molecule has 3 rings (SSSR count). The molecule has 0 unspecified atom stereocenters. The Labute approximate surface area is 137 Å². The summed E-state index contributed by atoms with van der Waals surface area (Å²) in [6, 6.07) is 2.08. The Morgan fingerprint density at radius 3 is 2.91 bits per heavy atom. The first-order valence-corrected chi connectivity index (χ1v) is 8.79.